The molecule has 26 nitrogen and oxygen atoms in total. The maximum absolute atomic E-state index is 14.4. The molecule has 8 amide bonds. The van der Waals surface area contributed by atoms with Crippen LogP contribution < -0.4 is 16.4 Å². The molecule has 8 atom stereocenters. The van der Waals surface area contributed by atoms with Crippen molar-refractivity contribution in [1.29, 1.82) is 0 Å². The molecule has 0 aromatic heterocycles. The quantitative estimate of drug-likeness (QED) is 0.0300. The van der Waals surface area contributed by atoms with Gasteiger partial charge in [0, 0.05) is 128 Å². The first-order valence-corrected chi connectivity index (χ1v) is 37.8. The van der Waals surface area contributed by atoms with E-state index in [1.54, 1.807) is 92.7 Å². The molecule has 0 saturated heterocycles. The van der Waals surface area contributed by atoms with Gasteiger partial charge in [-0.15, -0.1) is 0 Å². The van der Waals surface area contributed by atoms with Crippen molar-refractivity contribution in [3.8, 4) is 0 Å². The van der Waals surface area contributed by atoms with Crippen molar-refractivity contribution in [1.82, 2.24) is 24.5 Å². The van der Waals surface area contributed by atoms with E-state index in [9.17, 15) is 77.3 Å². The third kappa shape index (κ3) is 32.3. The van der Waals surface area contributed by atoms with Gasteiger partial charge in [-0.25, -0.2) is 0 Å². The molecule has 0 heterocycles. The predicted octanol–water partition coefficient (Wildman–Crippen LogP) is 6.96. The van der Waals surface area contributed by atoms with Crippen LogP contribution in [-0.2, 0) is 103 Å². The van der Waals surface area contributed by atoms with Gasteiger partial charge in [0.1, 0.15) is 36.2 Å². The number of hydrogen-bond acceptors (Lipinski definition) is 18. The summed E-state index contributed by atoms with van der Waals surface area (Å²) in [7, 11) is 2.97. The molecule has 26 heteroatoms. The topological polar surface area (TPSA) is 369 Å². The Balaban J connectivity index is 0.000000404. The third-order valence-electron chi connectivity index (χ3n) is 19.6. The fraction of sp³-hybridized carbons (Fsp3) is 0.425. The van der Waals surface area contributed by atoms with Crippen LogP contribution in [0.3, 0.4) is 0 Å². The minimum Gasteiger partial charge on any atom is -0.396 e. The van der Waals surface area contributed by atoms with E-state index < -0.39 is 152 Å². The van der Waals surface area contributed by atoms with Gasteiger partial charge in [-0.05, 0) is 66.6 Å². The Labute approximate surface area is 662 Å². The molecule has 6 N–H and O–H groups in total. The Morgan fingerprint density at radius 2 is 0.743 bits per heavy atom. The summed E-state index contributed by atoms with van der Waals surface area (Å²) in [5.41, 5.74) is 15.0. The van der Waals surface area contributed by atoms with Crippen LogP contribution in [0.1, 0.15) is 114 Å². The molecular weight excluding hydrogens is 1440 g/mol. The number of ketones is 6. The fourth-order valence-electron chi connectivity index (χ4n) is 12.7. The zero-order chi connectivity index (χ0) is 83.1. The monoisotopic (exact) mass is 1550 g/mol. The Morgan fingerprint density at radius 3 is 1.12 bits per heavy atom. The highest BCUT2D eigenvalue weighted by Gasteiger charge is 2.36. The van der Waals surface area contributed by atoms with E-state index in [-0.39, 0.29) is 114 Å². The number of benzene rings is 6. The van der Waals surface area contributed by atoms with E-state index in [4.69, 9.17) is 20.9 Å². The molecule has 6 aromatic carbocycles. The number of aliphatic hydroxyl groups excluding tert-OH is 2. The SMILES string of the molecule is COCCN(CC(=O)N(CC(=O)N(CC(=O)CC(C(=O)CC(Cc1ccccc1)C(=O)CC(C)C(N)=O)C(C)O)C(C)c1ccccc1)Cc1ccccc1)C(C)=O.COCCN(CC(=O)N(CC(=O)N(CC(=O)CC(CO)C(=O)CC(Cc1ccccc1)C(=O)CC(C)C(N)=O)c1ccccc1)Cc1ccccc1)C(C)=O. The molecule has 6 aromatic rings. The number of nitrogens with zero attached hydrogens (tertiary/aromatic N) is 6. The van der Waals surface area contributed by atoms with Gasteiger partial charge in [-0.2, -0.15) is 0 Å². The molecule has 606 valence electrons. The van der Waals surface area contributed by atoms with Crippen LogP contribution in [0.15, 0.2) is 182 Å². The van der Waals surface area contributed by atoms with Gasteiger partial charge in [-0.1, -0.05) is 184 Å². The van der Waals surface area contributed by atoms with E-state index in [2.05, 4.69) is 0 Å². The molecular formula is C87H110N8O18. The number of nitrogens with two attached hydrogens (primary N) is 2. The highest BCUT2D eigenvalue weighted by Crippen LogP contribution is 2.28. The number of methoxy groups -OCH3 is 2. The van der Waals surface area contributed by atoms with Gasteiger partial charge < -0.3 is 60.6 Å². The van der Waals surface area contributed by atoms with Crippen LogP contribution in [0.4, 0.5) is 5.69 Å². The van der Waals surface area contributed by atoms with Gasteiger partial charge in [0.25, 0.3) is 0 Å². The van der Waals surface area contributed by atoms with Gasteiger partial charge in [0.2, 0.25) is 47.3 Å². The van der Waals surface area contributed by atoms with Crippen LogP contribution >= 0.6 is 0 Å². The Bertz CT molecular complexity index is 4080. The van der Waals surface area contributed by atoms with E-state index >= 15 is 0 Å². The van der Waals surface area contributed by atoms with Crippen LogP contribution in [0.25, 0.3) is 0 Å². The standard InChI is InChI=1S/C45H58N4O9.C42H52N4O9/c1-31(45(46)57)23-41(53)38(24-35-15-9-6-10-16-35)25-42(54)40(33(3)50)26-39(52)28-49(32(2)37-19-13-8-14-20-37)44(56)30-48(27-36-17-11-7-12-18-36)43(55)29-47(34(4)51)21-22-58-5;1-30(42(43)54)21-38(50)34(22-32-13-7-4-8-14-32)24-39(51)35(29-47)23-37(49)26-46(36-17-11-6-12-18-36)41(53)28-45(25-33-15-9-5-10-16-33)40(52)27-44(31(2)48)19-20-55-3/h6-20,31-33,38,40,50H,21-30H2,1-5H3,(H2,46,57);4-18,30,34-35,47H,19-29H2,1-3H3,(H2,43,54). The molecule has 0 spiro atoms. The zero-order valence-corrected chi connectivity index (χ0v) is 66.1. The van der Waals surface area contributed by atoms with E-state index in [1.807, 2.05) is 103 Å². The highest BCUT2D eigenvalue weighted by atomic mass is 16.5. The number of rotatable bonds is 49. The molecule has 0 radical (unpaired) electrons. The number of aliphatic hydroxyl groups is 2. The van der Waals surface area contributed by atoms with Crippen molar-refractivity contribution < 1.29 is 86.8 Å². The molecule has 0 fully saturated rings. The summed E-state index contributed by atoms with van der Waals surface area (Å²) in [6, 6.07) is 53.1. The lowest BCUT2D eigenvalue weighted by Gasteiger charge is -2.33. The number of Topliss-reactive ketones (excluding diaryl/α,β-unsaturated/α-hetero) is 6. The largest absolute Gasteiger partial charge is 0.396 e. The van der Waals surface area contributed by atoms with Gasteiger partial charge in [0.05, 0.1) is 64.1 Å². The second-order valence-corrected chi connectivity index (χ2v) is 28.5. The Hall–Kier alpha value is -11.1. The third-order valence-corrected chi connectivity index (χ3v) is 19.6. The van der Waals surface area contributed by atoms with Crippen LogP contribution in [0.5, 0.6) is 0 Å². The van der Waals surface area contributed by atoms with Crippen LogP contribution in [-0.4, -0.2) is 209 Å². The first-order chi connectivity index (χ1) is 53.9. The number of anilines is 1. The number of para-hydroxylation sites is 1. The average Bonchev–Trinajstić information content (AvgIpc) is 0.838. The summed E-state index contributed by atoms with van der Waals surface area (Å²) in [6.07, 6.45) is -2.50. The predicted molar refractivity (Wildman–Crippen MR) is 425 cm³/mol. The molecule has 0 aliphatic carbocycles. The summed E-state index contributed by atoms with van der Waals surface area (Å²) in [5.74, 6) is -12.2. The lowest BCUT2D eigenvalue weighted by Crippen LogP contribution is -2.48. The summed E-state index contributed by atoms with van der Waals surface area (Å²) >= 11 is 0. The molecule has 0 saturated carbocycles. The van der Waals surface area contributed by atoms with Crippen molar-refractivity contribution in [3.63, 3.8) is 0 Å². The Morgan fingerprint density at radius 1 is 0.389 bits per heavy atom. The minimum absolute atomic E-state index is 0.0557. The summed E-state index contributed by atoms with van der Waals surface area (Å²) in [5, 5.41) is 21.1. The van der Waals surface area contributed by atoms with Crippen molar-refractivity contribution >= 4 is 87.6 Å². The van der Waals surface area contributed by atoms with E-state index in [0.717, 1.165) is 27.8 Å². The van der Waals surface area contributed by atoms with Crippen LogP contribution in [0.2, 0.25) is 0 Å². The number of primary amides is 2. The number of ether oxygens (including phenoxy) is 2. The van der Waals surface area contributed by atoms with Gasteiger partial charge >= 0.3 is 0 Å². The second-order valence-electron chi connectivity index (χ2n) is 28.5. The van der Waals surface area contributed by atoms with Crippen molar-refractivity contribution in [3.05, 3.63) is 210 Å². The van der Waals surface area contributed by atoms with Gasteiger partial charge in [0.15, 0.2) is 11.6 Å². The van der Waals surface area contributed by atoms with E-state index in [0.29, 0.717) is 5.69 Å². The number of carbonyl (C=O) groups is 14. The average molecular weight is 1560 g/mol. The van der Waals surface area contributed by atoms with Crippen molar-refractivity contribution in [2.24, 2.45) is 47.0 Å². The normalized spacial score (nSPS) is 13.1. The summed E-state index contributed by atoms with van der Waals surface area (Å²) in [6.45, 7) is 6.83. The zero-order valence-electron chi connectivity index (χ0n) is 66.1. The van der Waals surface area contributed by atoms with Crippen LogP contribution in [0, 0.1) is 35.5 Å². The lowest BCUT2D eigenvalue weighted by atomic mass is 9.81. The maximum Gasteiger partial charge on any atom is 0.247 e. The smallest absolute Gasteiger partial charge is 0.247 e. The van der Waals surface area contributed by atoms with Crippen molar-refractivity contribution in [2.45, 2.75) is 118 Å². The summed E-state index contributed by atoms with van der Waals surface area (Å²) in [4.78, 5) is 194. The maximum atomic E-state index is 14.4. The molecule has 113 heavy (non-hydrogen) atoms. The first kappa shape index (κ1) is 92.5. The van der Waals surface area contributed by atoms with Gasteiger partial charge in [-0.3, -0.25) is 67.1 Å². The minimum atomic E-state index is -1.26. The number of carbonyl (C=O) groups excluding carboxylic acids is 14. The molecule has 6 rings (SSSR count). The molecule has 0 aliphatic rings. The highest BCUT2D eigenvalue weighted by molar-refractivity contribution is 6.03. The molecule has 8 unspecified atom stereocenters. The molecule has 0 aliphatic heterocycles. The fourth-order valence-corrected chi connectivity index (χ4v) is 12.7. The number of amides is 8. The number of hydrogen-bond donors (Lipinski definition) is 4. The lowest BCUT2D eigenvalue weighted by molar-refractivity contribution is -0.146. The molecule has 0 bridgehead atoms. The first-order valence-electron chi connectivity index (χ1n) is 37.8. The summed E-state index contributed by atoms with van der Waals surface area (Å²) < 4.78 is 10.2. The van der Waals surface area contributed by atoms with Crippen molar-refractivity contribution in [2.75, 3.05) is 91.3 Å². The second kappa shape index (κ2) is 48.7. The Kier molecular flexibility index (Phi) is 39.9. The van der Waals surface area contributed by atoms with E-state index in [1.165, 1.54) is 71.3 Å².